The van der Waals surface area contributed by atoms with Crippen LogP contribution in [0.1, 0.15) is 65.2 Å². The summed E-state index contributed by atoms with van der Waals surface area (Å²) in [6, 6.07) is 30.7. The Bertz CT molecular complexity index is 1800. The number of carbonyl (C=O) groups excluding carboxylic acids is 2. The second-order valence-corrected chi connectivity index (χ2v) is 15.4. The SMILES string of the molecule is CC(=O)SCCCCCCOc1ccnc(-c2cc(OCCCCCCSC(C)=O)ccn2)c1.[Ru].c1ccc(-c2ccccn2)nc1.c1ccc(-c2ccccn2)nc1. The van der Waals surface area contributed by atoms with Crippen LogP contribution in [0.4, 0.5) is 0 Å². The molecule has 10 nitrogen and oxygen atoms in total. The summed E-state index contributed by atoms with van der Waals surface area (Å²) in [5, 5.41) is 0.382. The van der Waals surface area contributed by atoms with Crippen molar-refractivity contribution in [3.8, 4) is 45.7 Å². The van der Waals surface area contributed by atoms with E-state index in [0.29, 0.717) is 13.2 Å². The number of nitrogens with zero attached hydrogens (tertiary/aromatic N) is 6. The molecule has 6 aromatic rings. The molecular weight excluding hydrogens is 866 g/mol. The summed E-state index contributed by atoms with van der Waals surface area (Å²) in [5.41, 5.74) is 5.17. The Hall–Kier alpha value is -4.84. The van der Waals surface area contributed by atoms with Gasteiger partial charge in [0, 0.05) is 94.1 Å². The van der Waals surface area contributed by atoms with E-state index in [2.05, 4.69) is 29.9 Å². The van der Waals surface area contributed by atoms with E-state index in [1.54, 1.807) is 51.0 Å². The first-order valence-electron chi connectivity index (χ1n) is 19.6. The van der Waals surface area contributed by atoms with E-state index in [9.17, 15) is 9.59 Å². The van der Waals surface area contributed by atoms with Gasteiger partial charge in [-0.15, -0.1) is 0 Å². The number of rotatable bonds is 19. The average molecular weight is 918 g/mol. The molecule has 0 aliphatic carbocycles. The molecule has 0 saturated carbocycles. The van der Waals surface area contributed by atoms with Gasteiger partial charge in [-0.3, -0.25) is 39.5 Å². The molecule has 0 spiro atoms. The fourth-order valence-electron chi connectivity index (χ4n) is 5.27. The minimum Gasteiger partial charge on any atom is -0.493 e. The number of unbranched alkanes of at least 4 members (excludes halogenated alkanes) is 6. The Balaban J connectivity index is 0.000000298. The normalized spacial score (nSPS) is 10.1. The zero-order chi connectivity index (χ0) is 40.9. The molecule has 6 heterocycles. The summed E-state index contributed by atoms with van der Waals surface area (Å²) in [4.78, 5) is 47.5. The third-order valence-corrected chi connectivity index (χ3v) is 9.93. The molecule has 310 valence electrons. The number of thioether (sulfide) groups is 2. The maximum absolute atomic E-state index is 10.9. The van der Waals surface area contributed by atoms with Gasteiger partial charge in [-0.2, -0.15) is 0 Å². The first-order valence-corrected chi connectivity index (χ1v) is 21.5. The standard InChI is InChI=1S/C26H36N2O4S2.2C10H8N2.Ru/c1-21(29)33-17-9-5-3-7-15-31-23-11-13-27-25(19-23)26-20-24(12-14-28-26)32-16-8-4-6-10-18-34-22(2)30;2*1-3-7-11-9(5-1)10-6-2-4-8-12-10;/h11-14,19-20H,3-10,15-18H2,1-2H3;2*1-8H;. The van der Waals surface area contributed by atoms with Gasteiger partial charge in [0.1, 0.15) is 11.5 Å². The molecule has 0 amide bonds. The Labute approximate surface area is 370 Å². The number of carbonyl (C=O) groups is 2. The number of aromatic nitrogens is 6. The Kier molecular flexibility index (Phi) is 24.9. The van der Waals surface area contributed by atoms with E-state index in [0.717, 1.165) is 109 Å². The van der Waals surface area contributed by atoms with Crippen molar-refractivity contribution in [1.29, 1.82) is 0 Å². The van der Waals surface area contributed by atoms with Crippen LogP contribution in [0.2, 0.25) is 0 Å². The molecule has 59 heavy (non-hydrogen) atoms. The third-order valence-electron chi connectivity index (χ3n) is 8.14. The predicted octanol–water partition coefficient (Wildman–Crippen LogP) is 10.9. The van der Waals surface area contributed by atoms with Crippen LogP contribution < -0.4 is 9.47 Å². The zero-order valence-electron chi connectivity index (χ0n) is 33.7. The molecular formula is C46H52N6O4RuS2. The molecule has 6 rings (SSSR count). The van der Waals surface area contributed by atoms with Gasteiger partial charge in [0.05, 0.1) is 47.4 Å². The molecule has 0 bridgehead atoms. The minimum atomic E-state index is 0. The zero-order valence-corrected chi connectivity index (χ0v) is 37.0. The molecule has 0 N–H and O–H groups in total. The van der Waals surface area contributed by atoms with Gasteiger partial charge in [-0.25, -0.2) is 0 Å². The fraction of sp³-hybridized carbons (Fsp3) is 0.304. The van der Waals surface area contributed by atoms with Gasteiger partial charge < -0.3 is 9.47 Å². The quantitative estimate of drug-likeness (QED) is 0.0566. The molecule has 0 fully saturated rings. The fourth-order valence-corrected chi connectivity index (χ4v) is 6.54. The Morgan fingerprint density at radius 2 is 0.746 bits per heavy atom. The number of pyridine rings is 6. The van der Waals surface area contributed by atoms with E-state index in [-0.39, 0.29) is 29.7 Å². The van der Waals surface area contributed by atoms with Crippen LogP contribution in [0.5, 0.6) is 11.5 Å². The molecule has 0 aliphatic heterocycles. The van der Waals surface area contributed by atoms with Crippen molar-refractivity contribution in [2.45, 2.75) is 65.2 Å². The van der Waals surface area contributed by atoms with E-state index in [1.807, 2.05) is 97.1 Å². The van der Waals surface area contributed by atoms with E-state index in [1.165, 1.54) is 23.5 Å². The molecule has 0 atom stereocenters. The topological polar surface area (TPSA) is 130 Å². The summed E-state index contributed by atoms with van der Waals surface area (Å²) >= 11 is 2.80. The van der Waals surface area contributed by atoms with Gasteiger partial charge in [-0.05, 0) is 86.3 Å². The first-order chi connectivity index (χ1) is 28.5. The smallest absolute Gasteiger partial charge is 0.185 e. The first kappa shape index (κ1) is 48.5. The summed E-state index contributed by atoms with van der Waals surface area (Å²) in [6.07, 6.45) is 19.1. The van der Waals surface area contributed by atoms with Crippen molar-refractivity contribution in [1.82, 2.24) is 29.9 Å². The largest absolute Gasteiger partial charge is 0.493 e. The van der Waals surface area contributed by atoms with Crippen molar-refractivity contribution in [3.63, 3.8) is 0 Å². The molecule has 0 aromatic carbocycles. The monoisotopic (exact) mass is 918 g/mol. The van der Waals surface area contributed by atoms with Crippen LogP contribution in [0.25, 0.3) is 34.2 Å². The maximum atomic E-state index is 10.9. The number of ether oxygens (including phenoxy) is 2. The van der Waals surface area contributed by atoms with Crippen LogP contribution in [-0.4, -0.2) is 64.9 Å². The van der Waals surface area contributed by atoms with Gasteiger partial charge in [0.15, 0.2) is 10.2 Å². The third kappa shape index (κ3) is 21.1. The van der Waals surface area contributed by atoms with Crippen molar-refractivity contribution in [2.24, 2.45) is 0 Å². The maximum Gasteiger partial charge on any atom is 0.185 e. The van der Waals surface area contributed by atoms with Crippen LogP contribution in [0.15, 0.2) is 134 Å². The molecule has 0 unspecified atom stereocenters. The molecule has 13 heteroatoms. The van der Waals surface area contributed by atoms with Crippen molar-refractivity contribution >= 4 is 33.8 Å². The summed E-state index contributed by atoms with van der Waals surface area (Å²) < 4.78 is 11.8. The van der Waals surface area contributed by atoms with Crippen LogP contribution in [-0.2, 0) is 29.1 Å². The summed E-state index contributed by atoms with van der Waals surface area (Å²) in [6.45, 7) is 4.55. The van der Waals surface area contributed by atoms with Gasteiger partial charge >= 0.3 is 0 Å². The second-order valence-electron chi connectivity index (χ2n) is 12.8. The minimum absolute atomic E-state index is 0. The summed E-state index contributed by atoms with van der Waals surface area (Å²) in [5.74, 6) is 3.38. The van der Waals surface area contributed by atoms with E-state index < -0.39 is 0 Å². The van der Waals surface area contributed by atoms with Crippen molar-refractivity contribution in [2.75, 3.05) is 24.7 Å². The molecule has 6 aromatic heterocycles. The van der Waals surface area contributed by atoms with Crippen LogP contribution in [0.3, 0.4) is 0 Å². The molecule has 0 aliphatic rings. The Morgan fingerprint density at radius 3 is 1.05 bits per heavy atom. The van der Waals surface area contributed by atoms with E-state index >= 15 is 0 Å². The van der Waals surface area contributed by atoms with Crippen molar-refractivity contribution < 1.29 is 38.5 Å². The van der Waals surface area contributed by atoms with Gasteiger partial charge in [-0.1, -0.05) is 73.5 Å². The van der Waals surface area contributed by atoms with Gasteiger partial charge in [0.2, 0.25) is 0 Å². The Morgan fingerprint density at radius 1 is 0.424 bits per heavy atom. The van der Waals surface area contributed by atoms with Gasteiger partial charge in [0.25, 0.3) is 0 Å². The average Bonchev–Trinajstić information content (AvgIpc) is 3.27. The van der Waals surface area contributed by atoms with Crippen LogP contribution >= 0.6 is 23.5 Å². The van der Waals surface area contributed by atoms with Crippen molar-refractivity contribution in [3.05, 3.63) is 134 Å². The molecule has 0 saturated heterocycles. The number of hydrogen-bond donors (Lipinski definition) is 0. The van der Waals surface area contributed by atoms with Crippen LogP contribution in [0, 0.1) is 0 Å². The summed E-state index contributed by atoms with van der Waals surface area (Å²) in [7, 11) is 0. The molecule has 0 radical (unpaired) electrons. The predicted molar refractivity (Wildman–Crippen MR) is 237 cm³/mol. The number of hydrogen-bond acceptors (Lipinski definition) is 12. The second kappa shape index (κ2) is 30.2. The van der Waals surface area contributed by atoms with E-state index in [4.69, 9.17) is 9.47 Å².